The van der Waals surface area contributed by atoms with Crippen LogP contribution in [0.25, 0.3) is 0 Å². The molecule has 0 aromatic heterocycles. The average Bonchev–Trinajstić information content (AvgIpc) is 3.24. The molecule has 3 heterocycles. The number of rotatable bonds is 4. The number of hydrogen-bond acceptors (Lipinski definition) is 5. The Morgan fingerprint density at radius 1 is 1.14 bits per heavy atom. The van der Waals surface area contributed by atoms with Crippen LogP contribution in [-0.4, -0.2) is 52.9 Å². The molecule has 0 aliphatic carbocycles. The number of hydrogen-bond donors (Lipinski definition) is 0. The summed E-state index contributed by atoms with van der Waals surface area (Å²) in [5.41, 5.74) is 4.78. The third-order valence-electron chi connectivity index (χ3n) is 6.95. The maximum atomic E-state index is 13.9. The molecule has 2 atom stereocenters. The second kappa shape index (κ2) is 9.82. The fourth-order valence-electron chi connectivity index (χ4n) is 5.07. The molecular formula is C27H28ClN3O4S. The summed E-state index contributed by atoms with van der Waals surface area (Å²) in [7, 11) is 0. The summed E-state index contributed by atoms with van der Waals surface area (Å²) >= 11 is 7.61. The summed E-state index contributed by atoms with van der Waals surface area (Å²) in [5.74, 6) is -0.695. The molecule has 7 nitrogen and oxygen atoms in total. The van der Waals surface area contributed by atoms with E-state index in [-0.39, 0.29) is 23.4 Å². The summed E-state index contributed by atoms with van der Waals surface area (Å²) in [6.45, 7) is 7.43. The van der Waals surface area contributed by atoms with Gasteiger partial charge < -0.3 is 14.5 Å². The van der Waals surface area contributed by atoms with Crippen LogP contribution in [0.3, 0.4) is 0 Å². The number of anilines is 1. The zero-order chi connectivity index (χ0) is 25.6. The van der Waals surface area contributed by atoms with Crippen molar-refractivity contribution >= 4 is 47.1 Å². The molecule has 4 amide bonds. The number of amides is 4. The molecule has 5 rings (SSSR count). The fraction of sp³-hybridized carbons (Fsp3) is 0.370. The molecule has 3 aliphatic rings. The summed E-state index contributed by atoms with van der Waals surface area (Å²) in [5, 5.41) is 0.175. The van der Waals surface area contributed by atoms with E-state index in [4.69, 9.17) is 16.3 Å². The van der Waals surface area contributed by atoms with E-state index >= 15 is 0 Å². The number of ether oxygens (including phenoxy) is 1. The molecule has 2 aromatic carbocycles. The summed E-state index contributed by atoms with van der Waals surface area (Å²) in [6, 6.07) is 12.6. The van der Waals surface area contributed by atoms with Crippen LogP contribution < -0.4 is 4.90 Å². The van der Waals surface area contributed by atoms with E-state index in [9.17, 15) is 14.4 Å². The SMILES string of the molecule is CCOC(=O)N1CCC2=C(C1)SC1C2C(=O)N(c2ccc(Cl)cc2)C(=O)N1Cc1cc(C)ccc1C. The van der Waals surface area contributed by atoms with Crippen LogP contribution >= 0.6 is 23.4 Å². The van der Waals surface area contributed by atoms with Crippen molar-refractivity contribution in [2.45, 2.75) is 39.1 Å². The Hall–Kier alpha value is -2.97. The molecule has 0 bridgehead atoms. The van der Waals surface area contributed by atoms with Gasteiger partial charge in [0.1, 0.15) is 0 Å². The Balaban J connectivity index is 1.53. The summed E-state index contributed by atoms with van der Waals surface area (Å²) in [6.07, 6.45) is 0.227. The Morgan fingerprint density at radius 2 is 1.89 bits per heavy atom. The number of nitrogens with zero attached hydrogens (tertiary/aromatic N) is 3. The number of benzene rings is 2. The molecule has 1 fully saturated rings. The zero-order valence-electron chi connectivity index (χ0n) is 20.5. The highest BCUT2D eigenvalue weighted by atomic mass is 35.5. The van der Waals surface area contributed by atoms with Crippen molar-refractivity contribution in [1.82, 2.24) is 9.80 Å². The molecule has 0 N–H and O–H groups in total. The summed E-state index contributed by atoms with van der Waals surface area (Å²) < 4.78 is 5.20. The summed E-state index contributed by atoms with van der Waals surface area (Å²) in [4.78, 5) is 45.9. The quantitative estimate of drug-likeness (QED) is 0.509. The highest BCUT2D eigenvalue weighted by Gasteiger charge is 2.53. The van der Waals surface area contributed by atoms with Crippen LogP contribution in [-0.2, 0) is 16.1 Å². The van der Waals surface area contributed by atoms with Crippen molar-refractivity contribution in [3.05, 3.63) is 74.7 Å². The third kappa shape index (κ3) is 4.37. The van der Waals surface area contributed by atoms with Gasteiger partial charge in [-0.1, -0.05) is 35.4 Å². The number of carbonyl (C=O) groups excluding carboxylic acids is 3. The number of imide groups is 1. The molecular weight excluding hydrogens is 498 g/mol. The second-order valence-corrected chi connectivity index (χ2v) is 10.9. The van der Waals surface area contributed by atoms with Gasteiger partial charge in [0.2, 0.25) is 5.91 Å². The van der Waals surface area contributed by atoms with E-state index < -0.39 is 5.92 Å². The predicted molar refractivity (Wildman–Crippen MR) is 141 cm³/mol. The first kappa shape index (κ1) is 24.7. The molecule has 1 saturated heterocycles. The van der Waals surface area contributed by atoms with Crippen molar-refractivity contribution in [3.8, 4) is 0 Å². The van der Waals surface area contributed by atoms with Crippen LogP contribution in [0.1, 0.15) is 30.0 Å². The smallest absolute Gasteiger partial charge is 0.410 e. The fourth-order valence-corrected chi connectivity index (χ4v) is 6.81. The van der Waals surface area contributed by atoms with Gasteiger partial charge in [-0.05, 0) is 68.2 Å². The minimum absolute atomic E-state index is 0.230. The first-order valence-corrected chi connectivity index (χ1v) is 13.3. The molecule has 36 heavy (non-hydrogen) atoms. The average molecular weight is 526 g/mol. The van der Waals surface area contributed by atoms with E-state index in [1.807, 2.05) is 13.8 Å². The van der Waals surface area contributed by atoms with E-state index in [1.165, 1.54) is 16.7 Å². The van der Waals surface area contributed by atoms with Gasteiger partial charge in [0.05, 0.1) is 30.1 Å². The maximum absolute atomic E-state index is 13.9. The van der Waals surface area contributed by atoms with Crippen LogP contribution in [0.15, 0.2) is 52.9 Å². The Bertz CT molecular complexity index is 1260. The minimum atomic E-state index is -0.465. The van der Waals surface area contributed by atoms with E-state index in [0.29, 0.717) is 43.4 Å². The van der Waals surface area contributed by atoms with E-state index in [1.54, 1.807) is 41.0 Å². The van der Waals surface area contributed by atoms with Gasteiger partial charge in [-0.25, -0.2) is 14.5 Å². The van der Waals surface area contributed by atoms with Gasteiger partial charge in [0.25, 0.3) is 0 Å². The van der Waals surface area contributed by atoms with Gasteiger partial charge in [-0.15, -0.1) is 11.8 Å². The predicted octanol–water partition coefficient (Wildman–Crippen LogP) is 5.73. The Morgan fingerprint density at radius 3 is 2.61 bits per heavy atom. The van der Waals surface area contributed by atoms with E-state index in [0.717, 1.165) is 27.2 Å². The molecule has 0 saturated carbocycles. The number of thioether (sulfide) groups is 1. The maximum Gasteiger partial charge on any atom is 0.410 e. The molecule has 188 valence electrons. The molecule has 3 aliphatic heterocycles. The molecule has 9 heteroatoms. The van der Waals surface area contributed by atoms with Crippen LogP contribution in [0.4, 0.5) is 15.3 Å². The van der Waals surface area contributed by atoms with Crippen LogP contribution in [0.2, 0.25) is 5.02 Å². The highest BCUT2D eigenvalue weighted by Crippen LogP contribution is 2.51. The van der Waals surface area contributed by atoms with Crippen molar-refractivity contribution in [2.24, 2.45) is 5.92 Å². The Labute approximate surface area is 220 Å². The topological polar surface area (TPSA) is 70.2 Å². The van der Waals surface area contributed by atoms with Gasteiger partial charge >= 0.3 is 12.1 Å². The van der Waals surface area contributed by atoms with Crippen molar-refractivity contribution in [2.75, 3.05) is 24.6 Å². The number of carbonyl (C=O) groups is 3. The largest absolute Gasteiger partial charge is 0.450 e. The Kier molecular flexibility index (Phi) is 6.74. The molecule has 0 radical (unpaired) electrons. The second-order valence-electron chi connectivity index (χ2n) is 9.30. The normalized spacial score (nSPS) is 21.6. The molecule has 0 spiro atoms. The number of urea groups is 1. The van der Waals surface area contributed by atoms with Gasteiger partial charge in [-0.3, -0.25) is 4.79 Å². The van der Waals surface area contributed by atoms with Gasteiger partial charge in [0, 0.05) is 23.0 Å². The minimum Gasteiger partial charge on any atom is -0.450 e. The van der Waals surface area contributed by atoms with E-state index in [2.05, 4.69) is 18.2 Å². The lowest BCUT2D eigenvalue weighted by Crippen LogP contribution is -2.60. The van der Waals surface area contributed by atoms with Crippen LogP contribution in [0, 0.1) is 19.8 Å². The zero-order valence-corrected chi connectivity index (χ0v) is 22.1. The van der Waals surface area contributed by atoms with Crippen molar-refractivity contribution < 1.29 is 19.1 Å². The number of halogens is 1. The number of aryl methyl sites for hydroxylation is 2. The van der Waals surface area contributed by atoms with Gasteiger partial charge in [-0.2, -0.15) is 0 Å². The lowest BCUT2D eigenvalue weighted by atomic mass is 9.89. The first-order chi connectivity index (χ1) is 17.3. The van der Waals surface area contributed by atoms with Crippen LogP contribution in [0.5, 0.6) is 0 Å². The van der Waals surface area contributed by atoms with Crippen molar-refractivity contribution in [3.63, 3.8) is 0 Å². The third-order valence-corrected chi connectivity index (χ3v) is 8.65. The molecule has 2 unspecified atom stereocenters. The monoisotopic (exact) mass is 525 g/mol. The molecule has 2 aromatic rings. The van der Waals surface area contributed by atoms with Crippen molar-refractivity contribution in [1.29, 1.82) is 0 Å². The van der Waals surface area contributed by atoms with Gasteiger partial charge in [0.15, 0.2) is 0 Å². The first-order valence-electron chi connectivity index (χ1n) is 12.0. The lowest BCUT2D eigenvalue weighted by Gasteiger charge is -2.42. The highest BCUT2D eigenvalue weighted by molar-refractivity contribution is 8.04. The number of fused-ring (bicyclic) bond motifs is 2. The lowest BCUT2D eigenvalue weighted by molar-refractivity contribution is -0.122. The standard InChI is InChI=1S/C27H28ClN3O4S/c1-4-35-27(34)29-12-11-21-22(15-29)36-25-23(21)24(32)31(20-9-7-19(28)8-10-20)26(33)30(25)14-18-13-16(2)5-6-17(18)3/h5-10,13,23,25H,4,11-12,14-15H2,1-3H3.